The van der Waals surface area contributed by atoms with Gasteiger partial charge in [0, 0.05) is 25.8 Å². The van der Waals surface area contributed by atoms with Gasteiger partial charge in [0.1, 0.15) is 0 Å². The molecule has 1 N–H and O–H groups in total. The summed E-state index contributed by atoms with van der Waals surface area (Å²) in [5.74, 6) is 0. The Hall–Kier alpha value is -1.72. The van der Waals surface area contributed by atoms with Gasteiger partial charge in [0.2, 0.25) is 0 Å². The molecule has 0 spiro atoms. The molecule has 0 aromatic carbocycles. The number of nitrogens with zero attached hydrogens (tertiary/aromatic N) is 4. The molecule has 5 heteroatoms. The second-order valence-electron chi connectivity index (χ2n) is 5.97. The average Bonchev–Trinajstić information content (AvgIpc) is 2.77. The summed E-state index contributed by atoms with van der Waals surface area (Å²) in [6, 6.07) is 8.71. The van der Waals surface area contributed by atoms with E-state index in [2.05, 4.69) is 52.1 Å². The van der Waals surface area contributed by atoms with Crippen molar-refractivity contribution in [2.24, 2.45) is 0 Å². The van der Waals surface area contributed by atoms with Crippen molar-refractivity contribution in [2.75, 3.05) is 13.6 Å². The van der Waals surface area contributed by atoms with Gasteiger partial charge in [-0.1, -0.05) is 13.0 Å². The van der Waals surface area contributed by atoms with Crippen LogP contribution in [0.4, 0.5) is 0 Å². The van der Waals surface area contributed by atoms with Crippen LogP contribution in [0.3, 0.4) is 0 Å². The SMILES string of the molecule is CC[C@@H](c1ccccn1)N(C)Cc1cc2n(n1)CCCNC2. The van der Waals surface area contributed by atoms with Gasteiger partial charge in [-0.3, -0.25) is 14.6 Å². The molecule has 0 saturated heterocycles. The molecule has 22 heavy (non-hydrogen) atoms. The fraction of sp³-hybridized carbons (Fsp3) is 0.529. The second-order valence-corrected chi connectivity index (χ2v) is 5.97. The lowest BCUT2D eigenvalue weighted by Crippen LogP contribution is -2.24. The molecule has 1 atom stereocenters. The van der Waals surface area contributed by atoms with Crippen molar-refractivity contribution >= 4 is 0 Å². The zero-order valence-electron chi connectivity index (χ0n) is 13.5. The summed E-state index contributed by atoms with van der Waals surface area (Å²) in [6.45, 7) is 6.09. The van der Waals surface area contributed by atoms with E-state index in [0.29, 0.717) is 6.04 Å². The highest BCUT2D eigenvalue weighted by atomic mass is 15.3. The minimum atomic E-state index is 0.334. The first-order valence-electron chi connectivity index (χ1n) is 8.15. The van der Waals surface area contributed by atoms with E-state index in [9.17, 15) is 0 Å². The molecule has 0 fully saturated rings. The number of rotatable bonds is 5. The summed E-state index contributed by atoms with van der Waals surface area (Å²) in [6.07, 6.45) is 4.06. The van der Waals surface area contributed by atoms with E-state index in [4.69, 9.17) is 5.10 Å². The largest absolute Gasteiger partial charge is 0.311 e. The number of hydrogen-bond acceptors (Lipinski definition) is 4. The van der Waals surface area contributed by atoms with Crippen LogP contribution in [-0.2, 0) is 19.6 Å². The van der Waals surface area contributed by atoms with E-state index in [1.54, 1.807) is 0 Å². The smallest absolute Gasteiger partial charge is 0.0768 e. The molecule has 0 aliphatic carbocycles. The minimum absolute atomic E-state index is 0.334. The van der Waals surface area contributed by atoms with Crippen LogP contribution in [0.1, 0.15) is 42.9 Å². The number of aryl methyl sites for hydroxylation is 1. The summed E-state index contributed by atoms with van der Waals surface area (Å²) in [5, 5.41) is 8.22. The highest BCUT2D eigenvalue weighted by Crippen LogP contribution is 2.22. The van der Waals surface area contributed by atoms with Gasteiger partial charge in [0.15, 0.2) is 0 Å². The molecule has 2 aromatic heterocycles. The Bertz CT molecular complexity index is 569. The van der Waals surface area contributed by atoms with Gasteiger partial charge in [-0.15, -0.1) is 0 Å². The summed E-state index contributed by atoms with van der Waals surface area (Å²) in [4.78, 5) is 6.86. The number of fused-ring (bicyclic) bond motifs is 1. The first-order chi connectivity index (χ1) is 10.8. The summed E-state index contributed by atoms with van der Waals surface area (Å²) in [7, 11) is 2.16. The van der Waals surface area contributed by atoms with Crippen LogP contribution < -0.4 is 5.32 Å². The Morgan fingerprint density at radius 3 is 3.09 bits per heavy atom. The summed E-state index contributed by atoms with van der Waals surface area (Å²) < 4.78 is 2.16. The predicted molar refractivity (Wildman–Crippen MR) is 87.3 cm³/mol. The summed E-state index contributed by atoms with van der Waals surface area (Å²) >= 11 is 0. The standard InChI is InChI=1S/C17H25N5/c1-3-17(16-7-4-5-9-19-16)21(2)13-14-11-15-12-18-8-6-10-22(15)20-14/h4-5,7,9,11,17-18H,3,6,8,10,12-13H2,1-2H3/t17-/m0/s1. The van der Waals surface area contributed by atoms with Gasteiger partial charge in [0.05, 0.1) is 23.1 Å². The van der Waals surface area contributed by atoms with E-state index in [0.717, 1.165) is 50.4 Å². The zero-order valence-corrected chi connectivity index (χ0v) is 13.5. The van der Waals surface area contributed by atoms with E-state index >= 15 is 0 Å². The van der Waals surface area contributed by atoms with E-state index in [-0.39, 0.29) is 0 Å². The van der Waals surface area contributed by atoms with Crippen molar-refractivity contribution in [3.63, 3.8) is 0 Å². The van der Waals surface area contributed by atoms with Gasteiger partial charge in [-0.2, -0.15) is 5.10 Å². The van der Waals surface area contributed by atoms with Crippen LogP contribution in [0.2, 0.25) is 0 Å². The van der Waals surface area contributed by atoms with Crippen LogP contribution in [0.25, 0.3) is 0 Å². The van der Waals surface area contributed by atoms with Crippen LogP contribution in [0, 0.1) is 0 Å². The molecule has 2 aromatic rings. The molecule has 3 heterocycles. The lowest BCUT2D eigenvalue weighted by atomic mass is 10.1. The first kappa shape index (κ1) is 15.2. The Kier molecular flexibility index (Phi) is 4.85. The maximum atomic E-state index is 4.78. The highest BCUT2D eigenvalue weighted by Gasteiger charge is 2.18. The predicted octanol–water partition coefficient (Wildman–Crippen LogP) is 2.35. The number of pyridine rings is 1. The Morgan fingerprint density at radius 1 is 1.41 bits per heavy atom. The molecule has 0 radical (unpaired) electrons. The van der Waals surface area contributed by atoms with E-state index < -0.39 is 0 Å². The van der Waals surface area contributed by atoms with Gasteiger partial charge in [0.25, 0.3) is 0 Å². The molecular formula is C17H25N5. The van der Waals surface area contributed by atoms with Crippen molar-refractivity contribution in [2.45, 2.75) is 45.4 Å². The fourth-order valence-corrected chi connectivity index (χ4v) is 3.18. The van der Waals surface area contributed by atoms with Crippen molar-refractivity contribution in [3.05, 3.63) is 47.5 Å². The lowest BCUT2D eigenvalue weighted by Gasteiger charge is -2.25. The quantitative estimate of drug-likeness (QED) is 0.920. The molecule has 0 saturated carbocycles. The number of hydrogen-bond donors (Lipinski definition) is 1. The van der Waals surface area contributed by atoms with Crippen molar-refractivity contribution < 1.29 is 0 Å². The highest BCUT2D eigenvalue weighted by molar-refractivity contribution is 5.13. The van der Waals surface area contributed by atoms with Crippen LogP contribution in [0.15, 0.2) is 30.5 Å². The third-order valence-corrected chi connectivity index (χ3v) is 4.30. The molecule has 5 nitrogen and oxygen atoms in total. The third kappa shape index (κ3) is 3.36. The molecule has 0 bridgehead atoms. The molecule has 118 valence electrons. The zero-order chi connectivity index (χ0) is 15.4. The Morgan fingerprint density at radius 2 is 2.32 bits per heavy atom. The maximum Gasteiger partial charge on any atom is 0.0768 e. The van der Waals surface area contributed by atoms with Crippen LogP contribution in [-0.4, -0.2) is 33.3 Å². The fourth-order valence-electron chi connectivity index (χ4n) is 3.18. The molecule has 1 aliphatic heterocycles. The van der Waals surface area contributed by atoms with Gasteiger partial charge in [-0.05, 0) is 44.6 Å². The second kappa shape index (κ2) is 7.03. The maximum absolute atomic E-state index is 4.78. The Labute approximate surface area is 132 Å². The molecular weight excluding hydrogens is 274 g/mol. The van der Waals surface area contributed by atoms with E-state index in [1.165, 1.54) is 5.69 Å². The van der Waals surface area contributed by atoms with Gasteiger partial charge >= 0.3 is 0 Å². The summed E-state index contributed by atoms with van der Waals surface area (Å²) in [5.41, 5.74) is 3.58. The lowest BCUT2D eigenvalue weighted by molar-refractivity contribution is 0.222. The first-order valence-corrected chi connectivity index (χ1v) is 8.15. The van der Waals surface area contributed by atoms with Crippen LogP contribution in [0.5, 0.6) is 0 Å². The average molecular weight is 299 g/mol. The third-order valence-electron chi connectivity index (χ3n) is 4.30. The normalized spacial score (nSPS) is 16.3. The number of nitrogens with one attached hydrogen (secondary N) is 1. The molecule has 0 unspecified atom stereocenters. The molecule has 3 rings (SSSR count). The Balaban J connectivity index is 1.72. The van der Waals surface area contributed by atoms with Crippen molar-refractivity contribution in [1.29, 1.82) is 0 Å². The van der Waals surface area contributed by atoms with Gasteiger partial charge < -0.3 is 5.32 Å². The number of aromatic nitrogens is 3. The van der Waals surface area contributed by atoms with Crippen LogP contribution >= 0.6 is 0 Å². The van der Waals surface area contributed by atoms with Crippen molar-refractivity contribution in [3.8, 4) is 0 Å². The van der Waals surface area contributed by atoms with E-state index in [1.807, 2.05) is 12.3 Å². The molecule has 0 amide bonds. The van der Waals surface area contributed by atoms with Crippen molar-refractivity contribution in [1.82, 2.24) is 25.0 Å². The molecule has 1 aliphatic rings. The minimum Gasteiger partial charge on any atom is -0.311 e. The van der Waals surface area contributed by atoms with Gasteiger partial charge in [-0.25, -0.2) is 0 Å². The monoisotopic (exact) mass is 299 g/mol. The topological polar surface area (TPSA) is 46.0 Å².